The molecule has 3 nitrogen and oxygen atoms in total. The third kappa shape index (κ3) is 14.3. The largest absolute Gasteiger partial charge is 0.289 e. The van der Waals surface area contributed by atoms with Crippen LogP contribution < -0.4 is 5.48 Å². The van der Waals surface area contributed by atoms with Crippen molar-refractivity contribution in [3.63, 3.8) is 0 Å². The molecule has 2 N–H and O–H groups in total. The summed E-state index contributed by atoms with van der Waals surface area (Å²) in [5.41, 5.74) is 1.62. The zero-order chi connectivity index (χ0) is 10.5. The van der Waals surface area contributed by atoms with Crippen molar-refractivity contribution in [1.82, 2.24) is 5.48 Å². The molecule has 0 unspecified atom stereocenters. The average molecular weight is 189 g/mol. The van der Waals surface area contributed by atoms with Crippen LogP contribution in [0.4, 0.5) is 0 Å². The summed E-state index contributed by atoms with van der Waals surface area (Å²) in [6.07, 6.45) is 6.05. The fourth-order valence-corrected chi connectivity index (χ4v) is 0.945. The SMILES string of the molecule is CC.CCCCCCCC(=O)NO. The highest BCUT2D eigenvalue weighted by molar-refractivity contribution is 5.74. The zero-order valence-corrected chi connectivity index (χ0v) is 9.10. The lowest BCUT2D eigenvalue weighted by Gasteiger charge is -1.98. The molecule has 0 rings (SSSR count). The minimum Gasteiger partial charge on any atom is -0.289 e. The average Bonchev–Trinajstić information content (AvgIpc) is 2.20. The van der Waals surface area contributed by atoms with Crippen LogP contribution in [0, 0.1) is 0 Å². The molecule has 0 aliphatic carbocycles. The van der Waals surface area contributed by atoms with E-state index in [1.807, 2.05) is 13.8 Å². The van der Waals surface area contributed by atoms with E-state index in [9.17, 15) is 4.79 Å². The van der Waals surface area contributed by atoms with Gasteiger partial charge in [0.05, 0.1) is 0 Å². The zero-order valence-electron chi connectivity index (χ0n) is 9.10. The van der Waals surface area contributed by atoms with E-state index in [1.165, 1.54) is 19.3 Å². The lowest BCUT2D eigenvalue weighted by Crippen LogP contribution is -2.17. The number of amides is 1. The smallest absolute Gasteiger partial charge is 0.243 e. The molecule has 0 aromatic heterocycles. The highest BCUT2D eigenvalue weighted by Gasteiger charge is 1.96. The van der Waals surface area contributed by atoms with Gasteiger partial charge in [0.25, 0.3) is 0 Å². The van der Waals surface area contributed by atoms with Gasteiger partial charge in [-0.15, -0.1) is 0 Å². The quantitative estimate of drug-likeness (QED) is 0.383. The predicted molar refractivity (Wildman–Crippen MR) is 54.7 cm³/mol. The van der Waals surface area contributed by atoms with Crippen molar-refractivity contribution in [2.24, 2.45) is 0 Å². The molecule has 0 saturated carbocycles. The van der Waals surface area contributed by atoms with Gasteiger partial charge in [-0.25, -0.2) is 5.48 Å². The van der Waals surface area contributed by atoms with Crippen molar-refractivity contribution in [2.45, 2.75) is 59.3 Å². The molecule has 3 heteroatoms. The van der Waals surface area contributed by atoms with Gasteiger partial charge >= 0.3 is 0 Å². The van der Waals surface area contributed by atoms with E-state index in [1.54, 1.807) is 5.48 Å². The minimum absolute atomic E-state index is 0.276. The number of carbonyl (C=O) groups excluding carboxylic acids is 1. The van der Waals surface area contributed by atoms with Gasteiger partial charge in [-0.05, 0) is 6.42 Å². The van der Waals surface area contributed by atoms with E-state index in [0.717, 1.165) is 12.8 Å². The van der Waals surface area contributed by atoms with Gasteiger partial charge in [0, 0.05) is 6.42 Å². The first kappa shape index (κ1) is 14.9. The Morgan fingerprint density at radius 1 is 1.15 bits per heavy atom. The molecule has 0 atom stereocenters. The van der Waals surface area contributed by atoms with Crippen molar-refractivity contribution < 1.29 is 10.0 Å². The number of carbonyl (C=O) groups is 1. The van der Waals surface area contributed by atoms with Crippen LogP contribution in [-0.2, 0) is 4.79 Å². The lowest BCUT2D eigenvalue weighted by atomic mass is 10.1. The molecular weight excluding hydrogens is 166 g/mol. The van der Waals surface area contributed by atoms with E-state index >= 15 is 0 Å². The Balaban J connectivity index is 0. The van der Waals surface area contributed by atoms with Crippen molar-refractivity contribution in [3.05, 3.63) is 0 Å². The molecule has 13 heavy (non-hydrogen) atoms. The van der Waals surface area contributed by atoms with Crippen LogP contribution in [-0.4, -0.2) is 11.1 Å². The maximum atomic E-state index is 10.5. The highest BCUT2D eigenvalue weighted by Crippen LogP contribution is 2.04. The van der Waals surface area contributed by atoms with Crippen molar-refractivity contribution in [1.29, 1.82) is 0 Å². The molecular formula is C10H23NO2. The van der Waals surface area contributed by atoms with Gasteiger partial charge in [-0.2, -0.15) is 0 Å². The van der Waals surface area contributed by atoms with Gasteiger partial charge in [-0.3, -0.25) is 10.0 Å². The second kappa shape index (κ2) is 14.0. The number of hydrogen-bond donors (Lipinski definition) is 2. The van der Waals surface area contributed by atoms with E-state index < -0.39 is 0 Å². The van der Waals surface area contributed by atoms with Crippen LogP contribution in [0.3, 0.4) is 0 Å². The number of rotatable bonds is 6. The van der Waals surface area contributed by atoms with Gasteiger partial charge in [-0.1, -0.05) is 46.5 Å². The molecule has 0 saturated heterocycles. The Labute approximate surface area is 81.5 Å². The number of unbranched alkanes of at least 4 members (excludes halogenated alkanes) is 4. The Bertz CT molecular complexity index is 105. The number of nitrogens with one attached hydrogen (secondary N) is 1. The Hall–Kier alpha value is -0.570. The summed E-state index contributed by atoms with van der Waals surface area (Å²) in [6, 6.07) is 0. The normalized spacial score (nSPS) is 8.62. The van der Waals surface area contributed by atoms with Gasteiger partial charge in [0.2, 0.25) is 5.91 Å². The monoisotopic (exact) mass is 189 g/mol. The molecule has 0 spiro atoms. The molecule has 1 amide bonds. The first-order valence-corrected chi connectivity index (χ1v) is 5.24. The third-order valence-electron chi connectivity index (χ3n) is 1.63. The van der Waals surface area contributed by atoms with E-state index in [4.69, 9.17) is 5.21 Å². The molecule has 0 aliphatic rings. The molecule has 0 aliphatic heterocycles. The summed E-state index contributed by atoms with van der Waals surface area (Å²) >= 11 is 0. The van der Waals surface area contributed by atoms with Gasteiger partial charge < -0.3 is 0 Å². The van der Waals surface area contributed by atoms with Gasteiger partial charge in [0.1, 0.15) is 0 Å². The predicted octanol–water partition coefficient (Wildman–Crippen LogP) is 2.88. The first-order chi connectivity index (χ1) is 6.31. The van der Waals surface area contributed by atoms with Crippen LogP contribution in [0.2, 0.25) is 0 Å². The molecule has 0 radical (unpaired) electrons. The summed E-state index contributed by atoms with van der Waals surface area (Å²) in [5.74, 6) is -0.276. The summed E-state index contributed by atoms with van der Waals surface area (Å²) in [5, 5.41) is 8.14. The van der Waals surface area contributed by atoms with Crippen molar-refractivity contribution >= 4 is 5.91 Å². The first-order valence-electron chi connectivity index (χ1n) is 5.24. The maximum Gasteiger partial charge on any atom is 0.243 e. The highest BCUT2D eigenvalue weighted by atomic mass is 16.5. The lowest BCUT2D eigenvalue weighted by molar-refractivity contribution is -0.129. The van der Waals surface area contributed by atoms with Crippen LogP contribution in [0.1, 0.15) is 59.3 Å². The summed E-state index contributed by atoms with van der Waals surface area (Å²) < 4.78 is 0. The van der Waals surface area contributed by atoms with Crippen LogP contribution in [0.25, 0.3) is 0 Å². The van der Waals surface area contributed by atoms with E-state index in [2.05, 4.69) is 6.92 Å². The second-order valence-electron chi connectivity index (χ2n) is 2.70. The minimum atomic E-state index is -0.276. The fourth-order valence-electron chi connectivity index (χ4n) is 0.945. The molecule has 0 fully saturated rings. The van der Waals surface area contributed by atoms with Crippen LogP contribution in [0.15, 0.2) is 0 Å². The molecule has 0 aromatic carbocycles. The second-order valence-corrected chi connectivity index (χ2v) is 2.70. The van der Waals surface area contributed by atoms with Gasteiger partial charge in [0.15, 0.2) is 0 Å². The van der Waals surface area contributed by atoms with E-state index in [-0.39, 0.29) is 5.91 Å². The maximum absolute atomic E-state index is 10.5. The molecule has 0 aromatic rings. The molecule has 80 valence electrons. The standard InChI is InChI=1S/C8H17NO2.C2H6/c1-2-3-4-5-6-7-8(10)9-11;1-2/h11H,2-7H2,1H3,(H,9,10);1-2H3. The number of hydroxylamine groups is 1. The Morgan fingerprint density at radius 2 is 1.69 bits per heavy atom. The summed E-state index contributed by atoms with van der Waals surface area (Å²) in [4.78, 5) is 10.5. The van der Waals surface area contributed by atoms with Crippen LogP contribution >= 0.6 is 0 Å². The molecule has 0 bridgehead atoms. The molecule has 0 heterocycles. The summed E-state index contributed by atoms with van der Waals surface area (Å²) in [6.45, 7) is 6.15. The third-order valence-corrected chi connectivity index (χ3v) is 1.63. The Kier molecular flexibility index (Phi) is 16.1. The van der Waals surface area contributed by atoms with Crippen molar-refractivity contribution in [3.8, 4) is 0 Å². The van der Waals surface area contributed by atoms with Crippen LogP contribution in [0.5, 0.6) is 0 Å². The van der Waals surface area contributed by atoms with Crippen molar-refractivity contribution in [2.75, 3.05) is 0 Å². The summed E-state index contributed by atoms with van der Waals surface area (Å²) in [7, 11) is 0. The Morgan fingerprint density at radius 3 is 2.15 bits per heavy atom. The van der Waals surface area contributed by atoms with E-state index in [0.29, 0.717) is 6.42 Å². The number of hydrogen-bond acceptors (Lipinski definition) is 2. The topological polar surface area (TPSA) is 49.3 Å². The fraction of sp³-hybridized carbons (Fsp3) is 0.900.